The minimum absolute atomic E-state index is 0.0726. The SMILES string of the molecule is CCCNCCC1(Oc2ccc3ccccc3c2)CCC1. The van der Waals surface area contributed by atoms with E-state index >= 15 is 0 Å². The molecule has 2 nitrogen and oxygen atoms in total. The van der Waals surface area contributed by atoms with E-state index in [0.29, 0.717) is 0 Å². The Morgan fingerprint density at radius 3 is 2.57 bits per heavy atom. The molecule has 1 aliphatic carbocycles. The van der Waals surface area contributed by atoms with Crippen LogP contribution < -0.4 is 10.1 Å². The summed E-state index contributed by atoms with van der Waals surface area (Å²) in [6.45, 7) is 4.37. The van der Waals surface area contributed by atoms with Crippen molar-refractivity contribution in [1.29, 1.82) is 0 Å². The van der Waals surface area contributed by atoms with Crippen LogP contribution >= 0.6 is 0 Å². The summed E-state index contributed by atoms with van der Waals surface area (Å²) in [6.07, 6.45) is 5.97. The predicted molar refractivity (Wildman–Crippen MR) is 88.9 cm³/mol. The molecule has 1 saturated carbocycles. The molecule has 0 saturated heterocycles. The second-order valence-corrected chi connectivity index (χ2v) is 6.15. The van der Waals surface area contributed by atoms with Crippen LogP contribution in [0.4, 0.5) is 0 Å². The Kier molecular flexibility index (Phi) is 4.45. The van der Waals surface area contributed by atoms with Crippen molar-refractivity contribution in [3.63, 3.8) is 0 Å². The van der Waals surface area contributed by atoms with Gasteiger partial charge in [-0.25, -0.2) is 0 Å². The molecule has 0 radical (unpaired) electrons. The van der Waals surface area contributed by atoms with E-state index in [4.69, 9.17) is 4.74 Å². The molecule has 0 bridgehead atoms. The average molecular weight is 283 g/mol. The van der Waals surface area contributed by atoms with E-state index in [0.717, 1.165) is 25.3 Å². The van der Waals surface area contributed by atoms with Crippen molar-refractivity contribution in [3.05, 3.63) is 42.5 Å². The van der Waals surface area contributed by atoms with Crippen molar-refractivity contribution in [2.45, 2.75) is 44.6 Å². The maximum Gasteiger partial charge on any atom is 0.120 e. The molecule has 0 atom stereocenters. The maximum absolute atomic E-state index is 6.39. The molecule has 1 fully saturated rings. The number of hydrogen-bond donors (Lipinski definition) is 1. The van der Waals surface area contributed by atoms with Gasteiger partial charge < -0.3 is 10.1 Å². The summed E-state index contributed by atoms with van der Waals surface area (Å²) in [4.78, 5) is 0. The Bertz CT molecular complexity index is 589. The molecule has 2 aromatic carbocycles. The van der Waals surface area contributed by atoms with E-state index < -0.39 is 0 Å². The molecule has 0 heterocycles. The van der Waals surface area contributed by atoms with Crippen molar-refractivity contribution in [3.8, 4) is 5.75 Å². The third-order valence-corrected chi connectivity index (χ3v) is 4.50. The lowest BCUT2D eigenvalue weighted by Crippen LogP contribution is -2.45. The summed E-state index contributed by atoms with van der Waals surface area (Å²) in [5, 5.41) is 6.03. The van der Waals surface area contributed by atoms with Crippen molar-refractivity contribution in [1.82, 2.24) is 5.32 Å². The van der Waals surface area contributed by atoms with Gasteiger partial charge in [0.15, 0.2) is 0 Å². The Morgan fingerprint density at radius 1 is 1.05 bits per heavy atom. The maximum atomic E-state index is 6.39. The third kappa shape index (κ3) is 3.38. The summed E-state index contributed by atoms with van der Waals surface area (Å²) in [5.74, 6) is 1.02. The van der Waals surface area contributed by atoms with Gasteiger partial charge in [-0.1, -0.05) is 37.3 Å². The lowest BCUT2D eigenvalue weighted by atomic mass is 9.77. The third-order valence-electron chi connectivity index (χ3n) is 4.50. The second-order valence-electron chi connectivity index (χ2n) is 6.15. The number of fused-ring (bicyclic) bond motifs is 1. The van der Waals surface area contributed by atoms with E-state index in [1.165, 1.54) is 36.5 Å². The van der Waals surface area contributed by atoms with Crippen LogP contribution in [0.1, 0.15) is 39.0 Å². The van der Waals surface area contributed by atoms with Crippen LogP contribution in [0.15, 0.2) is 42.5 Å². The summed E-state index contributed by atoms with van der Waals surface area (Å²) in [5.41, 5.74) is 0.0726. The van der Waals surface area contributed by atoms with Gasteiger partial charge in [-0.15, -0.1) is 0 Å². The second kappa shape index (κ2) is 6.48. The highest BCUT2D eigenvalue weighted by molar-refractivity contribution is 5.83. The monoisotopic (exact) mass is 283 g/mol. The highest BCUT2D eigenvalue weighted by Gasteiger charge is 2.38. The highest BCUT2D eigenvalue weighted by atomic mass is 16.5. The molecule has 1 aliphatic rings. The van der Waals surface area contributed by atoms with Crippen molar-refractivity contribution < 1.29 is 4.74 Å². The van der Waals surface area contributed by atoms with Crippen LogP contribution in [0, 0.1) is 0 Å². The first-order valence-electron chi connectivity index (χ1n) is 8.20. The predicted octanol–water partition coefficient (Wildman–Crippen LogP) is 4.53. The Balaban J connectivity index is 1.67. The Morgan fingerprint density at radius 2 is 1.86 bits per heavy atom. The van der Waals surface area contributed by atoms with Gasteiger partial charge in [0, 0.05) is 0 Å². The van der Waals surface area contributed by atoms with Gasteiger partial charge in [-0.3, -0.25) is 0 Å². The number of hydrogen-bond acceptors (Lipinski definition) is 2. The smallest absolute Gasteiger partial charge is 0.120 e. The van der Waals surface area contributed by atoms with Gasteiger partial charge >= 0.3 is 0 Å². The topological polar surface area (TPSA) is 21.3 Å². The fourth-order valence-electron chi connectivity index (χ4n) is 3.07. The Labute approximate surface area is 127 Å². The molecule has 0 aromatic heterocycles. The zero-order valence-corrected chi connectivity index (χ0v) is 12.9. The van der Waals surface area contributed by atoms with Crippen molar-refractivity contribution in [2.24, 2.45) is 0 Å². The summed E-state index contributed by atoms with van der Waals surface area (Å²) < 4.78 is 6.39. The summed E-state index contributed by atoms with van der Waals surface area (Å²) in [6, 6.07) is 14.9. The lowest BCUT2D eigenvalue weighted by molar-refractivity contribution is -0.0140. The van der Waals surface area contributed by atoms with Gasteiger partial charge in [-0.05, 0) is 68.1 Å². The number of rotatable bonds is 7. The molecule has 2 heteroatoms. The first-order valence-corrected chi connectivity index (χ1v) is 8.20. The molecular weight excluding hydrogens is 258 g/mol. The minimum atomic E-state index is 0.0726. The van der Waals surface area contributed by atoms with E-state index in [1.54, 1.807) is 0 Å². The highest BCUT2D eigenvalue weighted by Crippen LogP contribution is 2.39. The van der Waals surface area contributed by atoms with E-state index in [1.807, 2.05) is 0 Å². The van der Waals surface area contributed by atoms with Crippen LogP contribution in [0.2, 0.25) is 0 Å². The molecule has 3 rings (SSSR count). The molecule has 2 aromatic rings. The zero-order valence-electron chi connectivity index (χ0n) is 12.9. The van der Waals surface area contributed by atoms with Crippen molar-refractivity contribution in [2.75, 3.05) is 13.1 Å². The van der Waals surface area contributed by atoms with Gasteiger partial charge in [0.2, 0.25) is 0 Å². The van der Waals surface area contributed by atoms with E-state index in [9.17, 15) is 0 Å². The molecule has 21 heavy (non-hydrogen) atoms. The summed E-state index contributed by atoms with van der Waals surface area (Å²) >= 11 is 0. The minimum Gasteiger partial charge on any atom is -0.487 e. The molecule has 0 aliphatic heterocycles. The van der Waals surface area contributed by atoms with Crippen LogP contribution in [0.25, 0.3) is 10.8 Å². The zero-order chi connectivity index (χ0) is 14.5. The first-order chi connectivity index (χ1) is 10.3. The van der Waals surface area contributed by atoms with Gasteiger partial charge in [0.1, 0.15) is 11.4 Å². The Hall–Kier alpha value is -1.54. The standard InChI is InChI=1S/C19H25NO/c1-2-13-20-14-12-19(10-5-11-19)21-18-9-8-16-6-3-4-7-17(16)15-18/h3-4,6-9,15,20H,2,5,10-14H2,1H3. The fraction of sp³-hybridized carbons (Fsp3) is 0.474. The van der Waals surface area contributed by atoms with Crippen molar-refractivity contribution >= 4 is 10.8 Å². The van der Waals surface area contributed by atoms with Crippen LogP contribution in [0.5, 0.6) is 5.75 Å². The van der Waals surface area contributed by atoms with Crippen LogP contribution in [0.3, 0.4) is 0 Å². The van der Waals surface area contributed by atoms with E-state index in [2.05, 4.69) is 54.7 Å². The molecule has 112 valence electrons. The van der Waals surface area contributed by atoms with Crippen LogP contribution in [-0.2, 0) is 0 Å². The fourth-order valence-corrected chi connectivity index (χ4v) is 3.07. The average Bonchev–Trinajstić information content (AvgIpc) is 2.48. The molecular formula is C19H25NO. The van der Waals surface area contributed by atoms with E-state index in [-0.39, 0.29) is 5.60 Å². The van der Waals surface area contributed by atoms with Gasteiger partial charge in [0.05, 0.1) is 0 Å². The lowest BCUT2D eigenvalue weighted by Gasteiger charge is -2.42. The summed E-state index contributed by atoms with van der Waals surface area (Å²) in [7, 11) is 0. The van der Waals surface area contributed by atoms with Gasteiger partial charge in [-0.2, -0.15) is 0 Å². The molecule has 1 N–H and O–H groups in total. The molecule has 0 amide bonds. The van der Waals surface area contributed by atoms with Crippen LogP contribution in [-0.4, -0.2) is 18.7 Å². The molecule has 0 spiro atoms. The number of benzene rings is 2. The van der Waals surface area contributed by atoms with Gasteiger partial charge in [0.25, 0.3) is 0 Å². The number of ether oxygens (including phenoxy) is 1. The quantitative estimate of drug-likeness (QED) is 0.754. The normalized spacial score (nSPS) is 16.6. The molecule has 0 unspecified atom stereocenters. The first kappa shape index (κ1) is 14.4. The number of nitrogens with one attached hydrogen (secondary N) is 1. The largest absolute Gasteiger partial charge is 0.487 e.